The Bertz CT molecular complexity index is 978. The largest absolute Gasteiger partial charge is 0.497 e. The smallest absolute Gasteiger partial charge is 0.200 e. The fraction of sp³-hybridized carbons (Fsp3) is 0.476. The van der Waals surface area contributed by atoms with Crippen molar-refractivity contribution in [2.45, 2.75) is 18.8 Å². The molecule has 0 atom stereocenters. The topological polar surface area (TPSA) is 68.0 Å². The van der Waals surface area contributed by atoms with E-state index in [0.717, 1.165) is 55.6 Å². The van der Waals surface area contributed by atoms with Gasteiger partial charge in [0.05, 0.1) is 18.5 Å². The molecule has 8 nitrogen and oxygen atoms in total. The summed E-state index contributed by atoms with van der Waals surface area (Å²) < 4.78 is 13.0. The van der Waals surface area contributed by atoms with Gasteiger partial charge in [0.25, 0.3) is 0 Å². The van der Waals surface area contributed by atoms with E-state index in [1.807, 2.05) is 28.8 Å². The zero-order valence-electron chi connectivity index (χ0n) is 16.7. The maximum Gasteiger partial charge on any atom is 0.200 e. The number of anilines is 1. The number of rotatable bonds is 7. The minimum absolute atomic E-state index is 0.607. The van der Waals surface area contributed by atoms with Gasteiger partial charge in [0.1, 0.15) is 24.4 Å². The van der Waals surface area contributed by atoms with E-state index in [9.17, 15) is 0 Å². The third kappa shape index (κ3) is 3.98. The molecule has 1 saturated heterocycles. The number of aromatic nitrogens is 4. The molecule has 29 heavy (non-hydrogen) atoms. The number of benzene rings is 1. The lowest BCUT2D eigenvalue weighted by Crippen LogP contribution is -2.47. The molecule has 0 unspecified atom stereocenters. The minimum atomic E-state index is 0.607. The predicted molar refractivity (Wildman–Crippen MR) is 110 cm³/mol. The number of nitrogens with zero attached hydrogens (tertiary/aromatic N) is 6. The first-order valence-electron chi connectivity index (χ1n) is 10.3. The second kappa shape index (κ2) is 7.87. The fourth-order valence-corrected chi connectivity index (χ4v) is 3.84. The molecular formula is C21H26N6O2. The summed E-state index contributed by atoms with van der Waals surface area (Å²) in [6.07, 6.45) is 4.18. The Labute approximate surface area is 170 Å². The quantitative estimate of drug-likeness (QED) is 0.609. The van der Waals surface area contributed by atoms with Crippen LogP contribution in [0.2, 0.25) is 0 Å². The first-order chi connectivity index (χ1) is 14.3. The summed E-state index contributed by atoms with van der Waals surface area (Å²) in [6, 6.07) is 9.98. The van der Waals surface area contributed by atoms with Crippen LogP contribution in [-0.4, -0.2) is 71.2 Å². The molecule has 5 rings (SSSR count). The Morgan fingerprint density at radius 2 is 1.90 bits per heavy atom. The van der Waals surface area contributed by atoms with E-state index in [4.69, 9.17) is 9.47 Å². The molecule has 2 aromatic heterocycles. The van der Waals surface area contributed by atoms with Crippen molar-refractivity contribution in [1.29, 1.82) is 0 Å². The Balaban J connectivity index is 1.18. The number of hydrogen-bond donors (Lipinski definition) is 0. The lowest BCUT2D eigenvalue weighted by atomic mass is 10.2. The van der Waals surface area contributed by atoms with Crippen LogP contribution in [0.15, 0.2) is 36.7 Å². The maximum absolute atomic E-state index is 5.89. The summed E-state index contributed by atoms with van der Waals surface area (Å²) in [7, 11) is 1.67. The number of ether oxygens (including phenoxy) is 2. The van der Waals surface area contributed by atoms with Crippen molar-refractivity contribution in [3.05, 3.63) is 42.4 Å². The zero-order valence-corrected chi connectivity index (χ0v) is 16.7. The molecule has 2 fully saturated rings. The minimum Gasteiger partial charge on any atom is -0.497 e. The summed E-state index contributed by atoms with van der Waals surface area (Å²) in [5.74, 6) is 2.27. The lowest BCUT2D eigenvalue weighted by Gasteiger charge is -2.36. The zero-order chi connectivity index (χ0) is 19.6. The molecule has 152 valence electrons. The van der Waals surface area contributed by atoms with E-state index in [1.54, 1.807) is 13.4 Å². The summed E-state index contributed by atoms with van der Waals surface area (Å²) in [6.45, 7) is 5.52. The molecule has 3 aromatic rings. The molecule has 1 aromatic carbocycles. The van der Waals surface area contributed by atoms with E-state index < -0.39 is 0 Å². The highest BCUT2D eigenvalue weighted by Crippen LogP contribution is 2.40. The van der Waals surface area contributed by atoms with Crippen molar-refractivity contribution in [3.8, 4) is 11.5 Å². The van der Waals surface area contributed by atoms with Gasteiger partial charge in [-0.2, -0.15) is 9.61 Å². The van der Waals surface area contributed by atoms with Crippen LogP contribution in [0.4, 0.5) is 5.69 Å². The SMILES string of the molecule is COc1cccc(OCCN2CCN(c3cc(C4CC4)nn4cnnc34)CC2)c1. The standard InChI is InChI=1S/C21H26N6O2/c1-28-17-3-2-4-18(13-17)29-12-11-25-7-9-26(10-8-25)20-14-19(16-5-6-16)24-27-15-22-23-21(20)27/h2-4,13-16H,5-12H2,1H3. The number of fused-ring (bicyclic) bond motifs is 1. The molecule has 0 N–H and O–H groups in total. The molecule has 3 heterocycles. The van der Waals surface area contributed by atoms with Crippen molar-refractivity contribution in [2.24, 2.45) is 0 Å². The van der Waals surface area contributed by atoms with E-state index >= 15 is 0 Å². The number of methoxy groups -OCH3 is 1. The van der Waals surface area contributed by atoms with Gasteiger partial charge in [-0.1, -0.05) is 6.07 Å². The van der Waals surface area contributed by atoms with Crippen LogP contribution in [0, 0.1) is 0 Å². The van der Waals surface area contributed by atoms with Gasteiger partial charge in [0.2, 0.25) is 5.65 Å². The molecule has 0 radical (unpaired) electrons. The average Bonchev–Trinajstić information content (AvgIpc) is 3.51. The van der Waals surface area contributed by atoms with E-state index in [1.165, 1.54) is 18.5 Å². The molecule has 1 aliphatic carbocycles. The van der Waals surface area contributed by atoms with Crippen LogP contribution < -0.4 is 14.4 Å². The normalized spacial score (nSPS) is 17.6. The van der Waals surface area contributed by atoms with Gasteiger partial charge in [0, 0.05) is 44.7 Å². The molecular weight excluding hydrogens is 368 g/mol. The highest BCUT2D eigenvalue weighted by atomic mass is 16.5. The molecule has 0 bridgehead atoms. The lowest BCUT2D eigenvalue weighted by molar-refractivity contribution is 0.200. The predicted octanol–water partition coefficient (Wildman–Crippen LogP) is 2.21. The van der Waals surface area contributed by atoms with E-state index in [0.29, 0.717) is 12.5 Å². The molecule has 1 saturated carbocycles. The summed E-state index contributed by atoms with van der Waals surface area (Å²) in [5, 5.41) is 13.0. The molecule has 0 amide bonds. The number of hydrogen-bond acceptors (Lipinski definition) is 7. The van der Waals surface area contributed by atoms with Crippen molar-refractivity contribution >= 4 is 11.3 Å². The van der Waals surface area contributed by atoms with Gasteiger partial charge in [-0.3, -0.25) is 4.90 Å². The first-order valence-corrected chi connectivity index (χ1v) is 10.3. The Morgan fingerprint density at radius 3 is 2.69 bits per heavy atom. The van der Waals surface area contributed by atoms with Gasteiger partial charge < -0.3 is 14.4 Å². The van der Waals surface area contributed by atoms with Gasteiger partial charge >= 0.3 is 0 Å². The monoisotopic (exact) mass is 394 g/mol. The molecule has 8 heteroatoms. The van der Waals surface area contributed by atoms with Crippen LogP contribution in [0.3, 0.4) is 0 Å². The number of piperazine rings is 1. The van der Waals surface area contributed by atoms with Crippen LogP contribution in [0.5, 0.6) is 11.5 Å². The van der Waals surface area contributed by atoms with E-state index in [2.05, 4.69) is 31.2 Å². The van der Waals surface area contributed by atoms with Crippen LogP contribution in [0.25, 0.3) is 5.65 Å². The Hall–Kier alpha value is -2.87. The second-order valence-electron chi connectivity index (χ2n) is 7.68. The highest BCUT2D eigenvalue weighted by molar-refractivity contribution is 5.68. The summed E-state index contributed by atoms with van der Waals surface area (Å²) >= 11 is 0. The average molecular weight is 394 g/mol. The van der Waals surface area contributed by atoms with Crippen molar-refractivity contribution in [3.63, 3.8) is 0 Å². The molecule has 0 spiro atoms. The summed E-state index contributed by atoms with van der Waals surface area (Å²) in [5.41, 5.74) is 3.18. The fourth-order valence-electron chi connectivity index (χ4n) is 3.84. The van der Waals surface area contributed by atoms with Crippen LogP contribution in [-0.2, 0) is 0 Å². The molecule has 2 aliphatic rings. The Morgan fingerprint density at radius 1 is 1.07 bits per heavy atom. The summed E-state index contributed by atoms with van der Waals surface area (Å²) in [4.78, 5) is 4.86. The van der Waals surface area contributed by atoms with Gasteiger partial charge in [-0.05, 0) is 31.0 Å². The highest BCUT2D eigenvalue weighted by Gasteiger charge is 2.28. The van der Waals surface area contributed by atoms with Gasteiger partial charge in [-0.15, -0.1) is 10.2 Å². The maximum atomic E-state index is 5.89. The van der Waals surface area contributed by atoms with E-state index in [-0.39, 0.29) is 0 Å². The second-order valence-corrected chi connectivity index (χ2v) is 7.68. The van der Waals surface area contributed by atoms with Crippen LogP contribution in [0.1, 0.15) is 24.5 Å². The molecule has 1 aliphatic heterocycles. The Kier molecular flexibility index (Phi) is 4.93. The van der Waals surface area contributed by atoms with Gasteiger partial charge in [0.15, 0.2) is 0 Å². The van der Waals surface area contributed by atoms with Gasteiger partial charge in [-0.25, -0.2) is 0 Å². The van der Waals surface area contributed by atoms with Crippen molar-refractivity contribution in [2.75, 3.05) is 51.3 Å². The first kappa shape index (κ1) is 18.2. The third-order valence-corrected chi connectivity index (χ3v) is 5.69. The van der Waals surface area contributed by atoms with Crippen molar-refractivity contribution < 1.29 is 9.47 Å². The third-order valence-electron chi connectivity index (χ3n) is 5.69. The van der Waals surface area contributed by atoms with Crippen molar-refractivity contribution in [1.82, 2.24) is 24.7 Å². The van der Waals surface area contributed by atoms with Crippen LogP contribution >= 0.6 is 0 Å².